The second kappa shape index (κ2) is 6.96. The molecule has 1 aromatic heterocycles. The summed E-state index contributed by atoms with van der Waals surface area (Å²) in [5, 5.41) is 0. The number of hydrogen-bond acceptors (Lipinski definition) is 3. The second-order valence-electron chi connectivity index (χ2n) is 6.03. The lowest BCUT2D eigenvalue weighted by Crippen LogP contribution is -2.49. The molecule has 2 heterocycles. The van der Waals surface area contributed by atoms with E-state index in [-0.39, 0.29) is 11.8 Å². The number of H-pyrrole nitrogens is 1. The summed E-state index contributed by atoms with van der Waals surface area (Å²) in [6.07, 6.45) is 1.81. The van der Waals surface area contributed by atoms with Gasteiger partial charge in [-0.2, -0.15) is 0 Å². The summed E-state index contributed by atoms with van der Waals surface area (Å²) in [5.74, 6) is 0.669. The molecule has 122 valence electrons. The van der Waals surface area contributed by atoms with E-state index < -0.39 is 0 Å². The standard InChI is InChI=1S/C18H24N4O/c1-3-21-9-11-22(12-10-21)18(23)14(2)17-19-13-16(20-17)15-7-5-4-6-8-15/h4-8,13-14H,3,9-12H2,1-2H3,(H,19,20). The molecule has 1 aromatic carbocycles. The molecule has 2 aromatic rings. The molecular weight excluding hydrogens is 288 g/mol. The van der Waals surface area contributed by atoms with Gasteiger partial charge in [0, 0.05) is 26.2 Å². The average Bonchev–Trinajstić information content (AvgIpc) is 3.11. The molecule has 1 saturated heterocycles. The summed E-state index contributed by atoms with van der Waals surface area (Å²) >= 11 is 0. The zero-order valence-corrected chi connectivity index (χ0v) is 13.8. The topological polar surface area (TPSA) is 52.2 Å². The first-order valence-electron chi connectivity index (χ1n) is 8.30. The van der Waals surface area contributed by atoms with Gasteiger partial charge < -0.3 is 14.8 Å². The van der Waals surface area contributed by atoms with Crippen LogP contribution in [0.5, 0.6) is 0 Å². The van der Waals surface area contributed by atoms with Crippen LogP contribution in [0.2, 0.25) is 0 Å². The summed E-state index contributed by atoms with van der Waals surface area (Å²) < 4.78 is 0. The summed E-state index contributed by atoms with van der Waals surface area (Å²) in [7, 11) is 0. The maximum atomic E-state index is 12.7. The lowest BCUT2D eigenvalue weighted by atomic mass is 10.1. The average molecular weight is 312 g/mol. The third-order valence-electron chi connectivity index (χ3n) is 4.59. The van der Waals surface area contributed by atoms with E-state index in [0.717, 1.165) is 49.8 Å². The van der Waals surface area contributed by atoms with Crippen molar-refractivity contribution in [3.8, 4) is 11.3 Å². The molecule has 3 rings (SSSR count). The summed E-state index contributed by atoms with van der Waals surface area (Å²) in [5.41, 5.74) is 2.04. The van der Waals surface area contributed by atoms with Gasteiger partial charge in [0.05, 0.1) is 17.8 Å². The van der Waals surface area contributed by atoms with Crippen LogP contribution < -0.4 is 0 Å². The van der Waals surface area contributed by atoms with Crippen molar-refractivity contribution in [2.45, 2.75) is 19.8 Å². The quantitative estimate of drug-likeness (QED) is 0.943. The van der Waals surface area contributed by atoms with Crippen LogP contribution in [0.4, 0.5) is 0 Å². The number of imidazole rings is 1. The molecule has 1 fully saturated rings. The Kier molecular flexibility index (Phi) is 4.76. The van der Waals surface area contributed by atoms with Crippen molar-refractivity contribution in [3.63, 3.8) is 0 Å². The van der Waals surface area contributed by atoms with Gasteiger partial charge in [-0.25, -0.2) is 4.98 Å². The zero-order valence-electron chi connectivity index (χ0n) is 13.8. The van der Waals surface area contributed by atoms with Crippen LogP contribution in [0.15, 0.2) is 36.5 Å². The first-order valence-corrected chi connectivity index (χ1v) is 8.30. The molecule has 0 saturated carbocycles. The van der Waals surface area contributed by atoms with E-state index in [4.69, 9.17) is 0 Å². The van der Waals surface area contributed by atoms with Crippen LogP contribution >= 0.6 is 0 Å². The lowest BCUT2D eigenvalue weighted by molar-refractivity contribution is -0.134. The number of carbonyl (C=O) groups is 1. The summed E-state index contributed by atoms with van der Waals surface area (Å²) in [6, 6.07) is 10.1. The number of hydrogen-bond donors (Lipinski definition) is 1. The van der Waals surface area contributed by atoms with Crippen molar-refractivity contribution in [2.75, 3.05) is 32.7 Å². The van der Waals surface area contributed by atoms with Crippen molar-refractivity contribution in [2.24, 2.45) is 0 Å². The molecule has 5 heteroatoms. The molecule has 1 unspecified atom stereocenters. The highest BCUT2D eigenvalue weighted by Crippen LogP contribution is 2.21. The number of nitrogens with one attached hydrogen (secondary N) is 1. The maximum Gasteiger partial charge on any atom is 0.233 e. The Bertz CT molecular complexity index is 644. The number of rotatable bonds is 4. The largest absolute Gasteiger partial charge is 0.341 e. The van der Waals surface area contributed by atoms with Gasteiger partial charge in [0.15, 0.2) is 0 Å². The van der Waals surface area contributed by atoms with Crippen molar-refractivity contribution < 1.29 is 4.79 Å². The number of piperazine rings is 1. The fraction of sp³-hybridized carbons (Fsp3) is 0.444. The Balaban J connectivity index is 1.67. The van der Waals surface area contributed by atoms with E-state index >= 15 is 0 Å². The number of aromatic nitrogens is 2. The SMILES string of the molecule is CCN1CCN(C(=O)C(C)c2ncc(-c3ccccc3)[nH]2)CC1. The van der Waals surface area contributed by atoms with E-state index in [1.54, 1.807) is 0 Å². The van der Waals surface area contributed by atoms with E-state index in [1.807, 2.05) is 48.4 Å². The lowest BCUT2D eigenvalue weighted by Gasteiger charge is -2.35. The van der Waals surface area contributed by atoms with Crippen LogP contribution in [-0.4, -0.2) is 58.4 Å². The first kappa shape index (κ1) is 15.7. The van der Waals surface area contributed by atoms with Gasteiger partial charge in [0.1, 0.15) is 5.82 Å². The molecular formula is C18H24N4O. The maximum absolute atomic E-state index is 12.7. The van der Waals surface area contributed by atoms with Gasteiger partial charge in [0.2, 0.25) is 5.91 Å². The van der Waals surface area contributed by atoms with Gasteiger partial charge in [-0.05, 0) is 19.0 Å². The molecule has 0 radical (unpaired) electrons. The van der Waals surface area contributed by atoms with Crippen molar-refractivity contribution in [1.29, 1.82) is 0 Å². The fourth-order valence-corrected chi connectivity index (χ4v) is 3.00. The van der Waals surface area contributed by atoms with E-state index in [0.29, 0.717) is 0 Å². The van der Waals surface area contributed by atoms with Crippen LogP contribution in [0, 0.1) is 0 Å². The van der Waals surface area contributed by atoms with Crippen LogP contribution in [0.25, 0.3) is 11.3 Å². The van der Waals surface area contributed by atoms with Crippen LogP contribution in [-0.2, 0) is 4.79 Å². The van der Waals surface area contributed by atoms with Gasteiger partial charge in [-0.3, -0.25) is 4.79 Å². The molecule has 1 aliphatic rings. The third-order valence-corrected chi connectivity index (χ3v) is 4.59. The Morgan fingerprint density at radius 3 is 2.57 bits per heavy atom. The molecule has 5 nitrogen and oxygen atoms in total. The number of carbonyl (C=O) groups excluding carboxylic acids is 1. The smallest absolute Gasteiger partial charge is 0.233 e. The molecule has 1 atom stereocenters. The van der Waals surface area contributed by atoms with Gasteiger partial charge in [0.25, 0.3) is 0 Å². The molecule has 1 amide bonds. The molecule has 23 heavy (non-hydrogen) atoms. The molecule has 0 bridgehead atoms. The Labute approximate surface area is 137 Å². The Hall–Kier alpha value is -2.14. The summed E-state index contributed by atoms with van der Waals surface area (Å²) in [4.78, 5) is 24.7. The highest BCUT2D eigenvalue weighted by molar-refractivity contribution is 5.82. The Morgan fingerprint density at radius 2 is 1.91 bits per heavy atom. The van der Waals surface area contributed by atoms with Gasteiger partial charge in [-0.15, -0.1) is 0 Å². The van der Waals surface area contributed by atoms with Gasteiger partial charge in [-0.1, -0.05) is 37.3 Å². The molecule has 1 aliphatic heterocycles. The number of nitrogens with zero attached hydrogens (tertiary/aromatic N) is 3. The van der Waals surface area contributed by atoms with E-state index in [2.05, 4.69) is 21.8 Å². The second-order valence-corrected chi connectivity index (χ2v) is 6.03. The zero-order chi connectivity index (χ0) is 16.2. The molecule has 1 N–H and O–H groups in total. The monoisotopic (exact) mass is 312 g/mol. The van der Waals surface area contributed by atoms with Crippen LogP contribution in [0.1, 0.15) is 25.6 Å². The minimum Gasteiger partial charge on any atom is -0.341 e. The number of amides is 1. The van der Waals surface area contributed by atoms with Crippen LogP contribution in [0.3, 0.4) is 0 Å². The first-order chi connectivity index (χ1) is 11.2. The highest BCUT2D eigenvalue weighted by atomic mass is 16.2. The number of aromatic amines is 1. The number of benzene rings is 1. The fourth-order valence-electron chi connectivity index (χ4n) is 3.00. The van der Waals surface area contributed by atoms with E-state index in [9.17, 15) is 4.79 Å². The van der Waals surface area contributed by atoms with Gasteiger partial charge >= 0.3 is 0 Å². The summed E-state index contributed by atoms with van der Waals surface area (Å²) in [6.45, 7) is 8.68. The van der Waals surface area contributed by atoms with Crippen molar-refractivity contribution in [1.82, 2.24) is 19.8 Å². The van der Waals surface area contributed by atoms with E-state index in [1.165, 1.54) is 0 Å². The molecule has 0 spiro atoms. The third kappa shape index (κ3) is 3.45. The predicted octanol–water partition coefficient (Wildman–Crippen LogP) is 2.34. The minimum absolute atomic E-state index is 0.162. The minimum atomic E-state index is -0.236. The van der Waals surface area contributed by atoms with Crippen molar-refractivity contribution in [3.05, 3.63) is 42.4 Å². The Morgan fingerprint density at radius 1 is 1.22 bits per heavy atom. The predicted molar refractivity (Wildman–Crippen MR) is 91.1 cm³/mol. The normalized spacial score (nSPS) is 17.2. The molecule has 0 aliphatic carbocycles. The van der Waals surface area contributed by atoms with Crippen molar-refractivity contribution >= 4 is 5.91 Å². The highest BCUT2D eigenvalue weighted by Gasteiger charge is 2.26. The number of likely N-dealkylation sites (N-methyl/N-ethyl adjacent to an activating group) is 1.